The number of ether oxygens (including phenoxy) is 2. The molecule has 118 valence electrons. The Kier molecular flexibility index (Phi) is 7.55. The van der Waals surface area contributed by atoms with Crippen LogP contribution in [0.1, 0.15) is 27.2 Å². The summed E-state index contributed by atoms with van der Waals surface area (Å²) in [7, 11) is 0. The van der Waals surface area contributed by atoms with Gasteiger partial charge >= 0.3 is 5.97 Å². The maximum absolute atomic E-state index is 11.5. The standard InChI is InChI=1S/C17H22N2O3/c1-4-21-17(20)14(11-18)12-19-15-6-5-7-16(10-15)22-9-8-13(2)3/h5-7,10,12-13,19H,4,8-9H2,1-3H3/b14-12+. The van der Waals surface area contributed by atoms with E-state index in [0.29, 0.717) is 12.5 Å². The third kappa shape index (κ3) is 6.31. The summed E-state index contributed by atoms with van der Waals surface area (Å²) in [6, 6.07) is 9.16. The molecule has 1 rings (SSSR count). The van der Waals surface area contributed by atoms with E-state index in [2.05, 4.69) is 19.2 Å². The van der Waals surface area contributed by atoms with E-state index in [1.54, 1.807) is 6.92 Å². The highest BCUT2D eigenvalue weighted by atomic mass is 16.5. The molecule has 0 aliphatic rings. The van der Waals surface area contributed by atoms with Gasteiger partial charge in [0.1, 0.15) is 11.8 Å². The van der Waals surface area contributed by atoms with Gasteiger partial charge in [-0.1, -0.05) is 19.9 Å². The normalized spacial score (nSPS) is 11.0. The number of benzene rings is 1. The molecular formula is C17H22N2O3. The fourth-order valence-corrected chi connectivity index (χ4v) is 1.59. The molecule has 5 nitrogen and oxygen atoms in total. The summed E-state index contributed by atoms with van der Waals surface area (Å²) in [6.07, 6.45) is 2.32. The molecule has 1 aromatic rings. The zero-order valence-corrected chi connectivity index (χ0v) is 13.3. The van der Waals surface area contributed by atoms with E-state index in [4.69, 9.17) is 14.7 Å². The summed E-state index contributed by atoms with van der Waals surface area (Å²) >= 11 is 0. The molecule has 0 aromatic heterocycles. The summed E-state index contributed by atoms with van der Waals surface area (Å²) in [6.45, 7) is 6.87. The Balaban J connectivity index is 2.65. The molecule has 0 aliphatic heterocycles. The Morgan fingerprint density at radius 1 is 1.45 bits per heavy atom. The molecule has 0 fully saturated rings. The van der Waals surface area contributed by atoms with Crippen LogP contribution < -0.4 is 10.1 Å². The van der Waals surface area contributed by atoms with Crippen molar-refractivity contribution in [1.82, 2.24) is 0 Å². The van der Waals surface area contributed by atoms with Gasteiger partial charge < -0.3 is 14.8 Å². The predicted octanol–water partition coefficient (Wildman–Crippen LogP) is 3.49. The number of anilines is 1. The highest BCUT2D eigenvalue weighted by Gasteiger charge is 2.09. The van der Waals surface area contributed by atoms with Crippen LogP contribution in [0.15, 0.2) is 36.0 Å². The molecule has 0 bridgehead atoms. The number of rotatable bonds is 8. The van der Waals surface area contributed by atoms with Gasteiger partial charge in [0.15, 0.2) is 5.57 Å². The summed E-state index contributed by atoms with van der Waals surface area (Å²) < 4.78 is 10.4. The van der Waals surface area contributed by atoms with Crippen molar-refractivity contribution in [2.75, 3.05) is 18.5 Å². The van der Waals surface area contributed by atoms with Crippen LogP contribution in [0.25, 0.3) is 0 Å². The molecule has 5 heteroatoms. The maximum atomic E-state index is 11.5. The minimum absolute atomic E-state index is 0.0759. The minimum atomic E-state index is -0.637. The Morgan fingerprint density at radius 2 is 2.23 bits per heavy atom. The second-order valence-corrected chi connectivity index (χ2v) is 5.09. The average molecular weight is 302 g/mol. The van der Waals surface area contributed by atoms with Gasteiger partial charge in [0.2, 0.25) is 0 Å². The zero-order valence-electron chi connectivity index (χ0n) is 13.3. The van der Waals surface area contributed by atoms with Crippen molar-refractivity contribution in [2.45, 2.75) is 27.2 Å². The van der Waals surface area contributed by atoms with Crippen LogP contribution >= 0.6 is 0 Å². The number of carbonyl (C=O) groups is 1. The first-order valence-corrected chi connectivity index (χ1v) is 7.33. The number of hydrogen-bond donors (Lipinski definition) is 1. The molecule has 0 saturated heterocycles. The summed E-state index contributed by atoms with van der Waals surface area (Å²) in [5, 5.41) is 11.8. The second-order valence-electron chi connectivity index (χ2n) is 5.09. The van der Waals surface area contributed by atoms with Gasteiger partial charge in [0.25, 0.3) is 0 Å². The van der Waals surface area contributed by atoms with Gasteiger partial charge in [0, 0.05) is 18.0 Å². The van der Waals surface area contributed by atoms with E-state index in [-0.39, 0.29) is 12.2 Å². The minimum Gasteiger partial charge on any atom is -0.494 e. The lowest BCUT2D eigenvalue weighted by atomic mass is 10.1. The van der Waals surface area contributed by atoms with Crippen molar-refractivity contribution < 1.29 is 14.3 Å². The van der Waals surface area contributed by atoms with Crippen molar-refractivity contribution in [3.8, 4) is 11.8 Å². The number of hydrogen-bond acceptors (Lipinski definition) is 5. The van der Waals surface area contributed by atoms with Crippen molar-refractivity contribution in [3.05, 3.63) is 36.0 Å². The van der Waals surface area contributed by atoms with Gasteiger partial charge in [-0.05, 0) is 31.4 Å². The van der Waals surface area contributed by atoms with E-state index >= 15 is 0 Å². The molecule has 0 unspecified atom stereocenters. The van der Waals surface area contributed by atoms with Crippen LogP contribution in [-0.2, 0) is 9.53 Å². The summed E-state index contributed by atoms with van der Waals surface area (Å²) in [5.41, 5.74) is 0.659. The molecule has 1 N–H and O–H groups in total. The van der Waals surface area contributed by atoms with Crippen LogP contribution in [0.4, 0.5) is 5.69 Å². The molecule has 0 radical (unpaired) electrons. The van der Waals surface area contributed by atoms with E-state index in [1.165, 1.54) is 6.20 Å². The zero-order chi connectivity index (χ0) is 16.4. The Morgan fingerprint density at radius 3 is 2.86 bits per heavy atom. The van der Waals surface area contributed by atoms with Crippen molar-refractivity contribution >= 4 is 11.7 Å². The third-order valence-electron chi connectivity index (χ3n) is 2.80. The largest absolute Gasteiger partial charge is 0.494 e. The molecule has 0 atom stereocenters. The fraction of sp³-hybridized carbons (Fsp3) is 0.412. The molecule has 0 saturated carbocycles. The highest BCUT2D eigenvalue weighted by Crippen LogP contribution is 2.18. The van der Waals surface area contributed by atoms with Crippen LogP contribution in [0.3, 0.4) is 0 Å². The van der Waals surface area contributed by atoms with Crippen LogP contribution in [-0.4, -0.2) is 19.2 Å². The van der Waals surface area contributed by atoms with Gasteiger partial charge in [-0.15, -0.1) is 0 Å². The van der Waals surface area contributed by atoms with E-state index in [1.807, 2.05) is 30.3 Å². The lowest BCUT2D eigenvalue weighted by Gasteiger charge is -2.09. The Labute approximate surface area is 131 Å². The molecule has 22 heavy (non-hydrogen) atoms. The number of nitrogens with one attached hydrogen (secondary N) is 1. The smallest absolute Gasteiger partial charge is 0.350 e. The molecule has 0 aliphatic carbocycles. The van der Waals surface area contributed by atoms with Crippen molar-refractivity contribution in [1.29, 1.82) is 5.26 Å². The number of esters is 1. The summed E-state index contributed by atoms with van der Waals surface area (Å²) in [4.78, 5) is 11.5. The topological polar surface area (TPSA) is 71.4 Å². The average Bonchev–Trinajstić information content (AvgIpc) is 2.48. The quantitative estimate of drug-likeness (QED) is 0.452. The second kappa shape index (κ2) is 9.46. The van der Waals surface area contributed by atoms with E-state index in [9.17, 15) is 4.79 Å². The molecule has 1 aromatic carbocycles. The number of carbonyl (C=O) groups excluding carboxylic acids is 1. The van der Waals surface area contributed by atoms with Gasteiger partial charge in [-0.25, -0.2) is 4.79 Å². The van der Waals surface area contributed by atoms with Crippen LogP contribution in [0, 0.1) is 17.2 Å². The number of nitriles is 1. The SMILES string of the molecule is CCOC(=O)/C(C#N)=C/Nc1cccc(OCCC(C)C)c1. The Hall–Kier alpha value is -2.48. The summed E-state index contributed by atoms with van der Waals surface area (Å²) in [5.74, 6) is 0.697. The first-order valence-electron chi connectivity index (χ1n) is 7.33. The fourth-order valence-electron chi connectivity index (χ4n) is 1.59. The van der Waals surface area contributed by atoms with Crippen LogP contribution in [0.5, 0.6) is 5.75 Å². The lowest BCUT2D eigenvalue weighted by Crippen LogP contribution is -2.08. The molecule has 0 amide bonds. The monoisotopic (exact) mass is 302 g/mol. The molecular weight excluding hydrogens is 280 g/mol. The van der Waals surface area contributed by atoms with E-state index < -0.39 is 5.97 Å². The Bertz CT molecular complexity index is 559. The first kappa shape index (κ1) is 17.6. The number of nitrogens with zero attached hydrogens (tertiary/aromatic N) is 1. The van der Waals surface area contributed by atoms with Gasteiger partial charge in [-0.3, -0.25) is 0 Å². The third-order valence-corrected chi connectivity index (χ3v) is 2.80. The van der Waals surface area contributed by atoms with Crippen molar-refractivity contribution in [3.63, 3.8) is 0 Å². The first-order chi connectivity index (χ1) is 10.6. The van der Waals surface area contributed by atoms with Crippen molar-refractivity contribution in [2.24, 2.45) is 5.92 Å². The van der Waals surface area contributed by atoms with Gasteiger partial charge in [0.05, 0.1) is 13.2 Å². The molecule has 0 spiro atoms. The molecule has 0 heterocycles. The maximum Gasteiger partial charge on any atom is 0.350 e. The highest BCUT2D eigenvalue weighted by molar-refractivity contribution is 5.93. The predicted molar refractivity (Wildman–Crippen MR) is 85.3 cm³/mol. The van der Waals surface area contributed by atoms with E-state index in [0.717, 1.165) is 17.9 Å². The van der Waals surface area contributed by atoms with Gasteiger partial charge in [-0.2, -0.15) is 5.26 Å². The lowest BCUT2D eigenvalue weighted by molar-refractivity contribution is -0.138. The van der Waals surface area contributed by atoms with Crippen LogP contribution in [0.2, 0.25) is 0 Å².